The van der Waals surface area contributed by atoms with Crippen molar-refractivity contribution >= 4 is 29.0 Å². The van der Waals surface area contributed by atoms with E-state index in [1.54, 1.807) is 31.6 Å². The number of hydrogen-bond acceptors (Lipinski definition) is 7. The second-order valence-corrected chi connectivity index (χ2v) is 5.67. The summed E-state index contributed by atoms with van der Waals surface area (Å²) in [4.78, 5) is 15.9. The number of carbonyl (C=O) groups excluding carboxylic acids is 1. The Morgan fingerprint density at radius 1 is 0.964 bits per heavy atom. The van der Waals surface area contributed by atoms with Crippen LogP contribution in [0.4, 0.5) is 27.8 Å². The molecule has 0 aliphatic heterocycles. The van der Waals surface area contributed by atoms with E-state index in [4.69, 9.17) is 4.74 Å². The van der Waals surface area contributed by atoms with Gasteiger partial charge in [-0.25, -0.2) is 4.79 Å². The fourth-order valence-corrected chi connectivity index (χ4v) is 2.36. The number of para-hydroxylation sites is 2. The molecule has 0 aliphatic carbocycles. The van der Waals surface area contributed by atoms with Gasteiger partial charge in [0.15, 0.2) is 5.82 Å². The van der Waals surface area contributed by atoms with E-state index in [1.807, 2.05) is 36.4 Å². The molecule has 2 aromatic heterocycles. The Morgan fingerprint density at radius 2 is 1.71 bits per heavy atom. The van der Waals surface area contributed by atoms with Crippen molar-refractivity contribution in [2.75, 3.05) is 36.1 Å². The number of amides is 2. The van der Waals surface area contributed by atoms with Crippen molar-refractivity contribution in [1.82, 2.24) is 20.5 Å². The molecule has 0 aliphatic rings. The van der Waals surface area contributed by atoms with Crippen LogP contribution >= 0.6 is 0 Å². The monoisotopic (exact) mass is 379 g/mol. The van der Waals surface area contributed by atoms with Crippen LogP contribution in [0.3, 0.4) is 0 Å². The van der Waals surface area contributed by atoms with Crippen LogP contribution in [0.5, 0.6) is 5.75 Å². The predicted molar refractivity (Wildman–Crippen MR) is 108 cm³/mol. The molecule has 0 bridgehead atoms. The van der Waals surface area contributed by atoms with E-state index in [9.17, 15) is 4.79 Å². The second-order valence-electron chi connectivity index (χ2n) is 5.67. The van der Waals surface area contributed by atoms with E-state index >= 15 is 0 Å². The van der Waals surface area contributed by atoms with Gasteiger partial charge in [-0.3, -0.25) is 4.98 Å². The van der Waals surface area contributed by atoms with Crippen molar-refractivity contribution in [2.24, 2.45) is 0 Å². The molecule has 0 atom stereocenters. The molecule has 0 unspecified atom stereocenters. The molecule has 2 amide bonds. The summed E-state index contributed by atoms with van der Waals surface area (Å²) in [5.41, 5.74) is 1.49. The first-order chi connectivity index (χ1) is 13.7. The van der Waals surface area contributed by atoms with Crippen LogP contribution in [0.25, 0.3) is 0 Å². The molecule has 144 valence electrons. The van der Waals surface area contributed by atoms with Gasteiger partial charge in [0.1, 0.15) is 11.6 Å². The molecule has 1 aromatic carbocycles. The number of methoxy groups -OCH3 is 1. The molecule has 9 heteroatoms. The predicted octanol–water partition coefficient (Wildman–Crippen LogP) is 2.86. The molecule has 0 saturated carbocycles. The third-order valence-corrected chi connectivity index (χ3v) is 3.69. The highest BCUT2D eigenvalue weighted by atomic mass is 16.5. The highest BCUT2D eigenvalue weighted by Gasteiger charge is 2.06. The fraction of sp³-hybridized carbons (Fsp3) is 0.158. The Labute approximate surface area is 162 Å². The van der Waals surface area contributed by atoms with Gasteiger partial charge < -0.3 is 26.0 Å². The van der Waals surface area contributed by atoms with Gasteiger partial charge in [-0.1, -0.05) is 12.1 Å². The summed E-state index contributed by atoms with van der Waals surface area (Å²) in [6, 6.07) is 14.2. The molecule has 9 nitrogen and oxygen atoms in total. The van der Waals surface area contributed by atoms with Crippen LogP contribution < -0.4 is 26.0 Å². The van der Waals surface area contributed by atoms with Crippen molar-refractivity contribution in [2.45, 2.75) is 0 Å². The van der Waals surface area contributed by atoms with Crippen molar-refractivity contribution < 1.29 is 9.53 Å². The first-order valence-electron chi connectivity index (χ1n) is 8.67. The number of urea groups is 1. The van der Waals surface area contributed by atoms with Crippen LogP contribution in [0.2, 0.25) is 0 Å². The first kappa shape index (κ1) is 18.9. The van der Waals surface area contributed by atoms with Crippen LogP contribution in [0.15, 0.2) is 60.9 Å². The number of anilines is 4. The molecule has 4 N–H and O–H groups in total. The number of pyridine rings is 1. The van der Waals surface area contributed by atoms with Crippen LogP contribution in [0.1, 0.15) is 0 Å². The summed E-state index contributed by atoms with van der Waals surface area (Å²) in [6.07, 6.45) is 3.39. The molecule has 0 fully saturated rings. The van der Waals surface area contributed by atoms with Crippen LogP contribution in [-0.2, 0) is 0 Å². The number of hydrogen-bond donors (Lipinski definition) is 4. The number of benzene rings is 1. The lowest BCUT2D eigenvalue weighted by Gasteiger charge is -2.11. The zero-order chi connectivity index (χ0) is 19.6. The lowest BCUT2D eigenvalue weighted by Crippen LogP contribution is -2.32. The molecule has 2 heterocycles. The summed E-state index contributed by atoms with van der Waals surface area (Å²) in [7, 11) is 1.56. The summed E-state index contributed by atoms with van der Waals surface area (Å²) < 4.78 is 5.20. The molecule has 0 radical (unpaired) electrons. The van der Waals surface area contributed by atoms with Gasteiger partial charge >= 0.3 is 6.03 Å². The number of nitrogens with one attached hydrogen (secondary N) is 4. The van der Waals surface area contributed by atoms with Crippen LogP contribution in [-0.4, -0.2) is 41.4 Å². The average molecular weight is 379 g/mol. The van der Waals surface area contributed by atoms with E-state index in [2.05, 4.69) is 36.4 Å². The molecule has 0 spiro atoms. The summed E-state index contributed by atoms with van der Waals surface area (Å²) in [5.74, 6) is 1.85. The third kappa shape index (κ3) is 5.56. The fourth-order valence-electron chi connectivity index (χ4n) is 2.36. The van der Waals surface area contributed by atoms with Gasteiger partial charge in [-0.05, 0) is 36.4 Å². The topological polar surface area (TPSA) is 113 Å². The number of carbonyl (C=O) groups is 1. The third-order valence-electron chi connectivity index (χ3n) is 3.69. The number of nitrogens with zero attached hydrogens (tertiary/aromatic N) is 3. The van der Waals surface area contributed by atoms with Gasteiger partial charge in [0.05, 0.1) is 12.8 Å². The van der Waals surface area contributed by atoms with Crippen molar-refractivity contribution in [3.63, 3.8) is 0 Å². The van der Waals surface area contributed by atoms with Crippen molar-refractivity contribution in [1.29, 1.82) is 0 Å². The SMILES string of the molecule is COc1ccccc1NC(=O)NCCNc1ccc(Nc2ccncc2)nn1. The zero-order valence-corrected chi connectivity index (χ0v) is 15.3. The molecular formula is C19H21N7O2. The normalized spacial score (nSPS) is 10.0. The quantitative estimate of drug-likeness (QED) is 0.445. The van der Waals surface area contributed by atoms with Gasteiger partial charge in [-0.2, -0.15) is 0 Å². The largest absolute Gasteiger partial charge is 0.495 e. The second kappa shape index (κ2) is 9.72. The standard InChI is InChI=1S/C19H21N7O2/c1-28-16-5-3-2-4-15(16)24-19(27)22-13-12-21-17-6-7-18(26-25-17)23-14-8-10-20-11-9-14/h2-11H,12-13H2,1H3,(H,21,25)(H,20,23,26)(H2,22,24,27). The van der Waals surface area contributed by atoms with E-state index in [0.29, 0.717) is 36.2 Å². The van der Waals surface area contributed by atoms with Crippen LogP contribution in [0, 0.1) is 0 Å². The molecular weight excluding hydrogens is 358 g/mol. The lowest BCUT2D eigenvalue weighted by atomic mass is 10.3. The Kier molecular flexibility index (Phi) is 6.56. The van der Waals surface area contributed by atoms with E-state index < -0.39 is 0 Å². The highest BCUT2D eigenvalue weighted by Crippen LogP contribution is 2.22. The highest BCUT2D eigenvalue weighted by molar-refractivity contribution is 5.90. The molecule has 0 saturated heterocycles. The van der Waals surface area contributed by atoms with Gasteiger partial charge in [0.25, 0.3) is 0 Å². The van der Waals surface area contributed by atoms with Crippen molar-refractivity contribution in [3.05, 3.63) is 60.9 Å². The Morgan fingerprint density at radius 3 is 2.46 bits per heavy atom. The van der Waals surface area contributed by atoms with Gasteiger partial charge in [-0.15, -0.1) is 10.2 Å². The minimum atomic E-state index is -0.311. The first-order valence-corrected chi connectivity index (χ1v) is 8.67. The summed E-state index contributed by atoms with van der Waals surface area (Å²) >= 11 is 0. The Bertz CT molecular complexity index is 888. The Balaban J connectivity index is 1.39. The number of ether oxygens (including phenoxy) is 1. The average Bonchev–Trinajstić information content (AvgIpc) is 2.73. The minimum absolute atomic E-state index is 0.311. The van der Waals surface area contributed by atoms with Gasteiger partial charge in [0.2, 0.25) is 0 Å². The summed E-state index contributed by atoms with van der Waals surface area (Å²) in [6.45, 7) is 0.921. The maximum Gasteiger partial charge on any atom is 0.319 e. The van der Waals surface area contributed by atoms with E-state index in [0.717, 1.165) is 5.69 Å². The van der Waals surface area contributed by atoms with Gasteiger partial charge in [0, 0.05) is 31.2 Å². The zero-order valence-electron chi connectivity index (χ0n) is 15.3. The van der Waals surface area contributed by atoms with Crippen molar-refractivity contribution in [3.8, 4) is 5.75 Å². The molecule has 28 heavy (non-hydrogen) atoms. The van der Waals surface area contributed by atoms with E-state index in [-0.39, 0.29) is 6.03 Å². The maximum absolute atomic E-state index is 12.0. The molecule has 3 aromatic rings. The number of rotatable bonds is 8. The van der Waals surface area contributed by atoms with E-state index in [1.165, 1.54) is 0 Å². The minimum Gasteiger partial charge on any atom is -0.495 e. The number of aromatic nitrogens is 3. The Hall–Kier alpha value is -3.88. The summed E-state index contributed by atoms with van der Waals surface area (Å²) in [5, 5.41) is 19.9. The smallest absolute Gasteiger partial charge is 0.319 e. The molecule has 3 rings (SSSR count). The maximum atomic E-state index is 12.0. The lowest BCUT2D eigenvalue weighted by molar-refractivity contribution is 0.252.